The molecule has 0 saturated heterocycles. The van der Waals surface area contributed by atoms with Crippen molar-refractivity contribution in [3.05, 3.63) is 84.1 Å². The minimum Gasteiger partial charge on any atom is -0.492 e. The predicted molar refractivity (Wildman–Crippen MR) is 140 cm³/mol. The van der Waals surface area contributed by atoms with E-state index in [4.69, 9.17) is 4.74 Å². The average molecular weight is 452 g/mol. The number of nitrogens with zero attached hydrogens (tertiary/aromatic N) is 1. The van der Waals surface area contributed by atoms with E-state index in [0.717, 1.165) is 64.4 Å². The number of anilines is 1. The highest BCUT2D eigenvalue weighted by Gasteiger charge is 2.24. The molecule has 3 aromatic carbocycles. The second-order valence-electron chi connectivity index (χ2n) is 8.49. The van der Waals surface area contributed by atoms with Gasteiger partial charge < -0.3 is 19.9 Å². The summed E-state index contributed by atoms with van der Waals surface area (Å²) >= 11 is 0. The van der Waals surface area contributed by atoms with Crippen LogP contribution >= 0.6 is 0 Å². The van der Waals surface area contributed by atoms with Gasteiger partial charge in [0.1, 0.15) is 12.4 Å². The van der Waals surface area contributed by atoms with Gasteiger partial charge in [-0.2, -0.15) is 0 Å². The number of fused-ring (bicyclic) bond motifs is 2. The molecule has 172 valence electrons. The van der Waals surface area contributed by atoms with Gasteiger partial charge in [-0.15, -0.1) is 0 Å². The van der Waals surface area contributed by atoms with Crippen LogP contribution in [0.2, 0.25) is 0 Å². The second kappa shape index (κ2) is 9.57. The minimum absolute atomic E-state index is 0.0840. The maximum Gasteiger partial charge on any atom is 0.256 e. The SMILES string of the molecule is CCN(CC)CCOc1ccc2[nH]c(/C=C3\C(=O)Nc4cc(-c5ccccc5)ccc43)cc2c1. The van der Waals surface area contributed by atoms with E-state index in [1.54, 1.807) is 0 Å². The minimum atomic E-state index is -0.0840. The number of H-pyrrole nitrogens is 1. The lowest BCUT2D eigenvalue weighted by atomic mass is 10.00. The fourth-order valence-corrected chi connectivity index (χ4v) is 4.44. The molecule has 34 heavy (non-hydrogen) atoms. The Bertz CT molecular complexity index is 1350. The monoisotopic (exact) mass is 451 g/mol. The van der Waals surface area contributed by atoms with Crippen LogP contribution in [0, 0.1) is 0 Å². The van der Waals surface area contributed by atoms with Gasteiger partial charge in [-0.05, 0) is 60.6 Å². The van der Waals surface area contributed by atoms with E-state index in [-0.39, 0.29) is 5.91 Å². The van der Waals surface area contributed by atoms with Gasteiger partial charge in [-0.3, -0.25) is 4.79 Å². The van der Waals surface area contributed by atoms with Crippen molar-refractivity contribution in [2.24, 2.45) is 0 Å². The van der Waals surface area contributed by atoms with E-state index in [9.17, 15) is 4.79 Å². The number of aromatic amines is 1. The highest BCUT2D eigenvalue weighted by molar-refractivity contribution is 6.35. The molecule has 0 fully saturated rings. The second-order valence-corrected chi connectivity index (χ2v) is 8.49. The molecule has 0 unspecified atom stereocenters. The molecule has 0 aliphatic carbocycles. The van der Waals surface area contributed by atoms with E-state index >= 15 is 0 Å². The lowest BCUT2D eigenvalue weighted by Gasteiger charge is -2.17. The van der Waals surface area contributed by atoms with Crippen LogP contribution in [0.3, 0.4) is 0 Å². The number of hydrogen-bond acceptors (Lipinski definition) is 3. The van der Waals surface area contributed by atoms with Crippen LogP contribution in [-0.4, -0.2) is 42.0 Å². The summed E-state index contributed by atoms with van der Waals surface area (Å²) in [5.74, 6) is 0.773. The zero-order chi connectivity index (χ0) is 23.5. The van der Waals surface area contributed by atoms with Gasteiger partial charge in [0.25, 0.3) is 5.91 Å². The molecule has 2 N–H and O–H groups in total. The standard InChI is InChI=1S/C29H29N3O2/c1-3-32(4-2)14-15-34-24-11-13-27-22(17-24)16-23(30-27)19-26-25-12-10-21(18-28(25)31-29(26)33)20-8-6-5-7-9-20/h5-13,16-19,30H,3-4,14-15H2,1-2H3,(H,31,33)/b26-19-. The first-order valence-electron chi connectivity index (χ1n) is 11.9. The average Bonchev–Trinajstić information content (AvgIpc) is 3.41. The Hall–Kier alpha value is -3.83. The molecule has 0 atom stereocenters. The third kappa shape index (κ3) is 4.47. The Kier molecular flexibility index (Phi) is 6.19. The summed E-state index contributed by atoms with van der Waals surface area (Å²) in [7, 11) is 0. The fraction of sp³-hybridized carbons (Fsp3) is 0.207. The molecule has 5 rings (SSSR count). The van der Waals surface area contributed by atoms with E-state index in [2.05, 4.69) is 53.3 Å². The number of amides is 1. The first kappa shape index (κ1) is 22.0. The summed E-state index contributed by atoms with van der Waals surface area (Å²) in [6.45, 7) is 7.96. The van der Waals surface area contributed by atoms with Gasteiger partial charge >= 0.3 is 0 Å². The highest BCUT2D eigenvalue weighted by atomic mass is 16.5. The summed E-state index contributed by atoms with van der Waals surface area (Å²) in [5, 5.41) is 4.08. The number of likely N-dealkylation sites (N-methyl/N-ethyl adjacent to an activating group) is 1. The van der Waals surface area contributed by atoms with E-state index < -0.39 is 0 Å². The van der Waals surface area contributed by atoms with Crippen LogP contribution in [0.4, 0.5) is 5.69 Å². The van der Waals surface area contributed by atoms with E-state index in [1.165, 1.54) is 0 Å². The molecular weight excluding hydrogens is 422 g/mol. The normalized spacial score (nSPS) is 14.1. The molecule has 1 aliphatic rings. The van der Waals surface area contributed by atoms with Gasteiger partial charge in [0.05, 0.1) is 5.57 Å². The Morgan fingerprint density at radius 2 is 1.74 bits per heavy atom. The summed E-state index contributed by atoms with van der Waals surface area (Å²) < 4.78 is 5.97. The van der Waals surface area contributed by atoms with Crippen LogP contribution in [0.1, 0.15) is 25.1 Å². The van der Waals surface area contributed by atoms with Gasteiger partial charge in [0.2, 0.25) is 0 Å². The first-order valence-corrected chi connectivity index (χ1v) is 11.9. The number of ether oxygens (including phenoxy) is 1. The molecule has 1 aliphatic heterocycles. The topological polar surface area (TPSA) is 57.4 Å². The molecule has 1 aromatic heterocycles. The Morgan fingerprint density at radius 1 is 0.912 bits per heavy atom. The van der Waals surface area contributed by atoms with Crippen molar-refractivity contribution in [3.63, 3.8) is 0 Å². The van der Waals surface area contributed by atoms with Crippen molar-refractivity contribution in [2.45, 2.75) is 13.8 Å². The van der Waals surface area contributed by atoms with Crippen LogP contribution in [0.25, 0.3) is 33.7 Å². The molecule has 5 nitrogen and oxygen atoms in total. The summed E-state index contributed by atoms with van der Waals surface area (Å²) in [5.41, 5.74) is 6.54. The molecule has 4 aromatic rings. The Morgan fingerprint density at radius 3 is 2.53 bits per heavy atom. The molecule has 0 spiro atoms. The summed E-state index contributed by atoms with van der Waals surface area (Å²) in [4.78, 5) is 18.5. The van der Waals surface area contributed by atoms with Crippen LogP contribution < -0.4 is 10.1 Å². The lowest BCUT2D eigenvalue weighted by Crippen LogP contribution is -2.27. The van der Waals surface area contributed by atoms with Gasteiger partial charge in [-0.25, -0.2) is 0 Å². The van der Waals surface area contributed by atoms with Crippen LogP contribution in [0.5, 0.6) is 5.75 Å². The molecule has 2 heterocycles. The van der Waals surface area contributed by atoms with Gasteiger partial charge in [0, 0.05) is 34.4 Å². The van der Waals surface area contributed by atoms with Crippen molar-refractivity contribution in [1.82, 2.24) is 9.88 Å². The number of benzene rings is 3. The number of nitrogens with one attached hydrogen (secondary N) is 2. The van der Waals surface area contributed by atoms with E-state index in [1.807, 2.05) is 54.6 Å². The molecule has 0 saturated carbocycles. The number of aromatic nitrogens is 1. The zero-order valence-corrected chi connectivity index (χ0v) is 19.6. The lowest BCUT2D eigenvalue weighted by molar-refractivity contribution is -0.110. The summed E-state index contributed by atoms with van der Waals surface area (Å²) in [6, 6.07) is 24.4. The van der Waals surface area contributed by atoms with Gasteiger partial charge in [-0.1, -0.05) is 56.3 Å². The molecule has 1 amide bonds. The highest BCUT2D eigenvalue weighted by Crippen LogP contribution is 2.36. The maximum absolute atomic E-state index is 12.8. The number of carbonyl (C=O) groups is 1. The predicted octanol–water partition coefficient (Wildman–Crippen LogP) is 6.05. The van der Waals surface area contributed by atoms with Crippen molar-refractivity contribution in [2.75, 3.05) is 31.6 Å². The Labute approximate surface area is 200 Å². The molecule has 0 bridgehead atoms. The number of rotatable bonds is 8. The third-order valence-electron chi connectivity index (χ3n) is 6.39. The zero-order valence-electron chi connectivity index (χ0n) is 19.6. The fourth-order valence-electron chi connectivity index (χ4n) is 4.44. The number of carbonyl (C=O) groups excluding carboxylic acids is 1. The summed E-state index contributed by atoms with van der Waals surface area (Å²) in [6.07, 6.45) is 1.92. The van der Waals surface area contributed by atoms with Crippen molar-refractivity contribution < 1.29 is 9.53 Å². The van der Waals surface area contributed by atoms with Crippen LogP contribution in [-0.2, 0) is 4.79 Å². The molecule has 0 radical (unpaired) electrons. The van der Waals surface area contributed by atoms with Crippen molar-refractivity contribution in [1.29, 1.82) is 0 Å². The molecule has 5 heteroatoms. The quantitative estimate of drug-likeness (QED) is 0.321. The first-order chi connectivity index (χ1) is 16.6. The van der Waals surface area contributed by atoms with Crippen LogP contribution in [0.15, 0.2) is 72.8 Å². The Balaban J connectivity index is 1.37. The third-order valence-corrected chi connectivity index (χ3v) is 6.39. The smallest absolute Gasteiger partial charge is 0.256 e. The number of hydrogen-bond donors (Lipinski definition) is 2. The maximum atomic E-state index is 12.8. The largest absolute Gasteiger partial charge is 0.492 e. The van der Waals surface area contributed by atoms with Gasteiger partial charge in [0.15, 0.2) is 0 Å². The van der Waals surface area contributed by atoms with Crippen molar-refractivity contribution >= 4 is 34.1 Å². The van der Waals surface area contributed by atoms with Crippen molar-refractivity contribution in [3.8, 4) is 16.9 Å². The molecular formula is C29H29N3O2. The van der Waals surface area contributed by atoms with E-state index in [0.29, 0.717) is 12.2 Å².